The molecule has 1 aromatic heterocycles. The van der Waals surface area contributed by atoms with Crippen molar-refractivity contribution in [2.45, 2.75) is 27.7 Å². The summed E-state index contributed by atoms with van der Waals surface area (Å²) in [4.78, 5) is 25.5. The molecule has 0 unspecified atom stereocenters. The minimum Gasteiger partial charge on any atom is -0.336 e. The third-order valence-corrected chi connectivity index (χ3v) is 3.70. The quantitative estimate of drug-likeness (QED) is 0.803. The molecule has 1 saturated heterocycles. The van der Waals surface area contributed by atoms with E-state index in [1.54, 1.807) is 0 Å². The van der Waals surface area contributed by atoms with Gasteiger partial charge >= 0.3 is 0 Å². The zero-order chi connectivity index (χ0) is 14.0. The molecule has 0 radical (unpaired) electrons. The summed E-state index contributed by atoms with van der Waals surface area (Å²) in [6, 6.07) is 0. The van der Waals surface area contributed by atoms with Crippen LogP contribution in [0.1, 0.15) is 34.5 Å². The van der Waals surface area contributed by atoms with E-state index in [-0.39, 0.29) is 5.91 Å². The number of aromatic nitrogens is 2. The zero-order valence-corrected chi connectivity index (χ0v) is 12.2. The fourth-order valence-electron chi connectivity index (χ4n) is 2.62. The predicted molar refractivity (Wildman–Crippen MR) is 74.3 cm³/mol. The number of hydrogen-bond acceptors (Lipinski definition) is 4. The van der Waals surface area contributed by atoms with E-state index in [0.717, 1.165) is 49.9 Å². The smallest absolute Gasteiger partial charge is 0.257 e. The maximum Gasteiger partial charge on any atom is 0.257 e. The fraction of sp³-hybridized carbons (Fsp3) is 0.643. The topological polar surface area (TPSA) is 49.3 Å². The maximum atomic E-state index is 12.6. The van der Waals surface area contributed by atoms with E-state index < -0.39 is 0 Å². The predicted octanol–water partition coefficient (Wildman–Crippen LogP) is 1.18. The summed E-state index contributed by atoms with van der Waals surface area (Å²) >= 11 is 0. The number of likely N-dealkylation sites (N-methyl/N-ethyl adjacent to an activating group) is 1. The number of carbonyl (C=O) groups is 1. The van der Waals surface area contributed by atoms with Gasteiger partial charge in [0, 0.05) is 26.2 Å². The van der Waals surface area contributed by atoms with Crippen molar-refractivity contribution in [1.82, 2.24) is 19.8 Å². The normalized spacial score (nSPS) is 16.7. The van der Waals surface area contributed by atoms with Crippen molar-refractivity contribution in [3.8, 4) is 0 Å². The van der Waals surface area contributed by atoms with Crippen LogP contribution in [0.15, 0.2) is 0 Å². The second-order valence-corrected chi connectivity index (χ2v) is 5.04. The summed E-state index contributed by atoms with van der Waals surface area (Å²) in [7, 11) is 0. The first-order chi connectivity index (χ1) is 9.02. The van der Waals surface area contributed by atoms with Gasteiger partial charge in [0.05, 0.1) is 17.0 Å². The zero-order valence-electron chi connectivity index (χ0n) is 12.2. The van der Waals surface area contributed by atoms with Gasteiger partial charge in [0.1, 0.15) is 5.82 Å². The Morgan fingerprint density at radius 1 is 1.05 bits per heavy atom. The van der Waals surface area contributed by atoms with Crippen LogP contribution >= 0.6 is 0 Å². The second kappa shape index (κ2) is 5.65. The molecule has 0 N–H and O–H groups in total. The highest BCUT2D eigenvalue weighted by Gasteiger charge is 2.24. The summed E-state index contributed by atoms with van der Waals surface area (Å²) in [5.74, 6) is 0.799. The van der Waals surface area contributed by atoms with Crippen molar-refractivity contribution >= 4 is 5.91 Å². The minimum atomic E-state index is 0.0748. The molecule has 0 atom stereocenters. The third-order valence-electron chi connectivity index (χ3n) is 3.70. The molecule has 0 bridgehead atoms. The number of aryl methyl sites for hydroxylation is 3. The van der Waals surface area contributed by atoms with E-state index in [4.69, 9.17) is 0 Å². The van der Waals surface area contributed by atoms with Crippen LogP contribution < -0.4 is 0 Å². The molecule has 0 aliphatic carbocycles. The summed E-state index contributed by atoms with van der Waals surface area (Å²) in [6.07, 6.45) is 0. The number of carbonyl (C=O) groups excluding carboxylic acids is 1. The lowest BCUT2D eigenvalue weighted by molar-refractivity contribution is 0.0641. The van der Waals surface area contributed by atoms with E-state index in [2.05, 4.69) is 21.8 Å². The molecule has 19 heavy (non-hydrogen) atoms. The van der Waals surface area contributed by atoms with Gasteiger partial charge in [-0.15, -0.1) is 0 Å². The van der Waals surface area contributed by atoms with Crippen LogP contribution in [0.3, 0.4) is 0 Å². The molecule has 2 rings (SSSR count). The molecule has 1 aromatic rings. The highest BCUT2D eigenvalue weighted by molar-refractivity contribution is 5.96. The van der Waals surface area contributed by atoms with Gasteiger partial charge in [-0.25, -0.2) is 9.97 Å². The van der Waals surface area contributed by atoms with Gasteiger partial charge in [0.15, 0.2) is 0 Å². The molecule has 1 amide bonds. The monoisotopic (exact) mass is 262 g/mol. The number of hydrogen-bond donors (Lipinski definition) is 0. The SMILES string of the molecule is CCN1CCN(C(=O)c2c(C)nc(C)nc2C)CC1. The van der Waals surface area contributed by atoms with Crippen molar-refractivity contribution in [2.75, 3.05) is 32.7 Å². The Kier molecular flexibility index (Phi) is 4.14. The Labute approximate surface area is 114 Å². The van der Waals surface area contributed by atoms with Crippen LogP contribution in [0, 0.1) is 20.8 Å². The molecule has 1 aliphatic rings. The third kappa shape index (κ3) is 2.92. The Morgan fingerprint density at radius 3 is 2.05 bits per heavy atom. The fourth-order valence-corrected chi connectivity index (χ4v) is 2.62. The van der Waals surface area contributed by atoms with Crippen LogP contribution in [0.25, 0.3) is 0 Å². The lowest BCUT2D eigenvalue weighted by Crippen LogP contribution is -2.48. The van der Waals surface area contributed by atoms with Crippen molar-refractivity contribution in [3.63, 3.8) is 0 Å². The average Bonchev–Trinajstić information content (AvgIpc) is 2.37. The Hall–Kier alpha value is -1.49. The molecule has 0 saturated carbocycles. The molecular formula is C14H22N4O. The maximum absolute atomic E-state index is 12.6. The van der Waals surface area contributed by atoms with Gasteiger partial charge in [0.25, 0.3) is 5.91 Å². The standard InChI is InChI=1S/C14H22N4O/c1-5-17-6-8-18(9-7-17)14(19)13-10(2)15-12(4)16-11(13)3/h5-9H2,1-4H3. The molecule has 1 aliphatic heterocycles. The van der Waals surface area contributed by atoms with Gasteiger partial charge in [-0.3, -0.25) is 4.79 Å². The molecule has 5 heteroatoms. The van der Waals surface area contributed by atoms with Crippen molar-refractivity contribution < 1.29 is 4.79 Å². The van der Waals surface area contributed by atoms with Gasteiger partial charge in [-0.2, -0.15) is 0 Å². The summed E-state index contributed by atoms with van der Waals surface area (Å²) < 4.78 is 0. The molecule has 0 spiro atoms. The van der Waals surface area contributed by atoms with E-state index in [1.807, 2.05) is 25.7 Å². The summed E-state index contributed by atoms with van der Waals surface area (Å²) in [6.45, 7) is 12.3. The minimum absolute atomic E-state index is 0.0748. The lowest BCUT2D eigenvalue weighted by atomic mass is 10.1. The molecule has 0 aromatic carbocycles. The van der Waals surface area contributed by atoms with Crippen LogP contribution in [0.4, 0.5) is 0 Å². The first-order valence-electron chi connectivity index (χ1n) is 6.86. The van der Waals surface area contributed by atoms with Crippen LogP contribution in [0.2, 0.25) is 0 Å². The second-order valence-electron chi connectivity index (χ2n) is 5.04. The Morgan fingerprint density at radius 2 is 1.58 bits per heavy atom. The Bertz CT molecular complexity index is 455. The van der Waals surface area contributed by atoms with Gasteiger partial charge in [0.2, 0.25) is 0 Å². The van der Waals surface area contributed by atoms with Crippen LogP contribution in [0.5, 0.6) is 0 Å². The summed E-state index contributed by atoms with van der Waals surface area (Å²) in [5, 5.41) is 0. The molecular weight excluding hydrogens is 240 g/mol. The van der Waals surface area contributed by atoms with Crippen molar-refractivity contribution in [1.29, 1.82) is 0 Å². The molecule has 104 valence electrons. The Balaban J connectivity index is 2.17. The first kappa shape index (κ1) is 13.9. The van der Waals surface area contributed by atoms with E-state index >= 15 is 0 Å². The first-order valence-corrected chi connectivity index (χ1v) is 6.86. The highest BCUT2D eigenvalue weighted by Crippen LogP contribution is 2.14. The summed E-state index contributed by atoms with van der Waals surface area (Å²) in [5.41, 5.74) is 2.25. The number of piperazine rings is 1. The van der Waals surface area contributed by atoms with Crippen molar-refractivity contribution in [2.24, 2.45) is 0 Å². The number of nitrogens with zero attached hydrogens (tertiary/aromatic N) is 4. The van der Waals surface area contributed by atoms with Gasteiger partial charge in [-0.05, 0) is 27.3 Å². The van der Waals surface area contributed by atoms with Gasteiger partial charge in [-0.1, -0.05) is 6.92 Å². The van der Waals surface area contributed by atoms with Crippen molar-refractivity contribution in [3.05, 3.63) is 22.8 Å². The highest BCUT2D eigenvalue weighted by atomic mass is 16.2. The molecule has 5 nitrogen and oxygen atoms in total. The van der Waals surface area contributed by atoms with E-state index in [0.29, 0.717) is 5.56 Å². The van der Waals surface area contributed by atoms with Gasteiger partial charge < -0.3 is 9.80 Å². The number of amides is 1. The average molecular weight is 262 g/mol. The molecule has 1 fully saturated rings. The number of rotatable bonds is 2. The van der Waals surface area contributed by atoms with E-state index in [9.17, 15) is 4.79 Å². The molecule has 2 heterocycles. The lowest BCUT2D eigenvalue weighted by Gasteiger charge is -2.34. The van der Waals surface area contributed by atoms with E-state index in [1.165, 1.54) is 0 Å². The van der Waals surface area contributed by atoms with Crippen LogP contribution in [-0.4, -0.2) is 58.4 Å². The van der Waals surface area contributed by atoms with Crippen LogP contribution in [-0.2, 0) is 0 Å². The largest absolute Gasteiger partial charge is 0.336 e.